The van der Waals surface area contributed by atoms with Crippen LogP contribution in [0.15, 0.2) is 18.2 Å². The summed E-state index contributed by atoms with van der Waals surface area (Å²) in [5, 5.41) is 4.02. The van der Waals surface area contributed by atoms with Gasteiger partial charge in [0.1, 0.15) is 0 Å². The third-order valence-electron chi connectivity index (χ3n) is 2.91. The van der Waals surface area contributed by atoms with Crippen LogP contribution in [0.2, 0.25) is 5.02 Å². The Morgan fingerprint density at radius 1 is 1.50 bits per heavy atom. The molecule has 1 atom stereocenters. The summed E-state index contributed by atoms with van der Waals surface area (Å²) in [7, 11) is 0. The molecule has 4 heteroatoms. The van der Waals surface area contributed by atoms with E-state index >= 15 is 0 Å². The molecule has 2 rings (SSSR count). The van der Waals surface area contributed by atoms with E-state index in [1.807, 2.05) is 12.1 Å². The molecule has 1 unspecified atom stereocenters. The molecule has 1 heterocycles. The minimum absolute atomic E-state index is 0.688. The molecule has 0 saturated carbocycles. The summed E-state index contributed by atoms with van der Waals surface area (Å²) in [5.41, 5.74) is 7.50. The van der Waals surface area contributed by atoms with Gasteiger partial charge in [0.15, 0.2) is 0 Å². The first-order valence-corrected chi connectivity index (χ1v) is 6.00. The Balaban J connectivity index is 1.82. The maximum absolute atomic E-state index is 5.91. The normalized spacial score (nSPS) is 19.9. The van der Waals surface area contributed by atoms with Gasteiger partial charge < -0.3 is 15.8 Å². The monoisotopic (exact) mass is 240 g/mol. The van der Waals surface area contributed by atoms with Gasteiger partial charge in [0.05, 0.1) is 11.4 Å². The lowest BCUT2D eigenvalue weighted by molar-refractivity contribution is 0.185. The van der Waals surface area contributed by atoms with Crippen molar-refractivity contribution < 1.29 is 4.74 Å². The van der Waals surface area contributed by atoms with Crippen molar-refractivity contribution in [2.75, 3.05) is 30.8 Å². The lowest BCUT2D eigenvalue weighted by atomic mass is 10.1. The Bertz CT molecular complexity index is 351. The zero-order chi connectivity index (χ0) is 11.4. The fourth-order valence-corrected chi connectivity index (χ4v) is 2.08. The largest absolute Gasteiger partial charge is 0.397 e. The number of benzene rings is 1. The van der Waals surface area contributed by atoms with Crippen LogP contribution < -0.4 is 11.1 Å². The van der Waals surface area contributed by atoms with Crippen molar-refractivity contribution in [3.05, 3.63) is 23.2 Å². The summed E-state index contributed by atoms with van der Waals surface area (Å²) in [4.78, 5) is 0. The van der Waals surface area contributed by atoms with Crippen LogP contribution in [0.25, 0.3) is 0 Å². The van der Waals surface area contributed by atoms with Crippen LogP contribution in [0.3, 0.4) is 0 Å². The standard InChI is InChI=1S/C12H17ClN2O/c13-10-1-2-11(14)12(7-10)15-5-3-9-4-6-16-8-9/h1-2,7,9,15H,3-6,8,14H2. The van der Waals surface area contributed by atoms with Gasteiger partial charge >= 0.3 is 0 Å². The summed E-state index contributed by atoms with van der Waals surface area (Å²) in [6, 6.07) is 5.48. The first-order valence-electron chi connectivity index (χ1n) is 5.62. The second kappa shape index (κ2) is 5.41. The molecule has 0 radical (unpaired) electrons. The molecule has 88 valence electrons. The van der Waals surface area contributed by atoms with Gasteiger partial charge in [-0.25, -0.2) is 0 Å². The van der Waals surface area contributed by atoms with Crippen molar-refractivity contribution >= 4 is 23.0 Å². The summed E-state index contributed by atoms with van der Waals surface area (Å²) in [6.45, 7) is 2.72. The van der Waals surface area contributed by atoms with Crippen LogP contribution >= 0.6 is 11.6 Å². The molecule has 0 aliphatic carbocycles. The topological polar surface area (TPSA) is 47.3 Å². The lowest BCUT2D eigenvalue weighted by Crippen LogP contribution is -2.10. The van der Waals surface area contributed by atoms with E-state index in [0.717, 1.165) is 37.6 Å². The molecule has 0 spiro atoms. The molecule has 16 heavy (non-hydrogen) atoms. The zero-order valence-corrected chi connectivity index (χ0v) is 9.96. The molecule has 1 aliphatic heterocycles. The second-order valence-corrected chi connectivity index (χ2v) is 4.61. The molecule has 3 N–H and O–H groups in total. The van der Waals surface area contributed by atoms with Crippen LogP contribution in [0, 0.1) is 5.92 Å². The Morgan fingerprint density at radius 2 is 2.38 bits per heavy atom. The molecule has 0 amide bonds. The molecule has 1 aromatic carbocycles. The third-order valence-corrected chi connectivity index (χ3v) is 3.14. The van der Waals surface area contributed by atoms with Crippen molar-refractivity contribution in [1.29, 1.82) is 0 Å². The number of rotatable bonds is 4. The van der Waals surface area contributed by atoms with Crippen molar-refractivity contribution in [2.45, 2.75) is 12.8 Å². The highest BCUT2D eigenvalue weighted by Gasteiger charge is 2.14. The Hall–Kier alpha value is -0.930. The van der Waals surface area contributed by atoms with Crippen molar-refractivity contribution in [3.8, 4) is 0 Å². The minimum Gasteiger partial charge on any atom is -0.397 e. The highest BCUT2D eigenvalue weighted by atomic mass is 35.5. The smallest absolute Gasteiger partial charge is 0.0588 e. The quantitative estimate of drug-likeness (QED) is 0.796. The first kappa shape index (κ1) is 11.6. The average Bonchev–Trinajstić information content (AvgIpc) is 2.76. The van der Waals surface area contributed by atoms with E-state index in [0.29, 0.717) is 10.9 Å². The van der Waals surface area contributed by atoms with Gasteiger partial charge in [-0.3, -0.25) is 0 Å². The summed E-state index contributed by atoms with van der Waals surface area (Å²) in [6.07, 6.45) is 2.29. The van der Waals surface area contributed by atoms with Crippen molar-refractivity contribution in [1.82, 2.24) is 0 Å². The predicted octanol–water partition coefficient (Wildman–Crippen LogP) is 2.76. The highest BCUT2D eigenvalue weighted by molar-refractivity contribution is 6.31. The molecule has 0 bridgehead atoms. The van der Waals surface area contributed by atoms with Gasteiger partial charge in [-0.15, -0.1) is 0 Å². The van der Waals surface area contributed by atoms with E-state index in [-0.39, 0.29) is 0 Å². The van der Waals surface area contributed by atoms with E-state index < -0.39 is 0 Å². The van der Waals surface area contributed by atoms with Crippen LogP contribution in [0.4, 0.5) is 11.4 Å². The van der Waals surface area contributed by atoms with E-state index in [2.05, 4.69) is 5.32 Å². The molecule has 3 nitrogen and oxygen atoms in total. The van der Waals surface area contributed by atoms with E-state index in [9.17, 15) is 0 Å². The maximum Gasteiger partial charge on any atom is 0.0588 e. The number of hydrogen-bond donors (Lipinski definition) is 2. The fourth-order valence-electron chi connectivity index (χ4n) is 1.90. The summed E-state index contributed by atoms with van der Waals surface area (Å²) in [5.74, 6) is 0.688. The average molecular weight is 241 g/mol. The van der Waals surface area contributed by atoms with Gasteiger partial charge in [-0.2, -0.15) is 0 Å². The fraction of sp³-hybridized carbons (Fsp3) is 0.500. The molecule has 1 aliphatic rings. The number of ether oxygens (including phenoxy) is 1. The third kappa shape index (κ3) is 3.03. The van der Waals surface area contributed by atoms with E-state index in [1.54, 1.807) is 6.07 Å². The number of hydrogen-bond acceptors (Lipinski definition) is 3. The SMILES string of the molecule is Nc1ccc(Cl)cc1NCCC1CCOC1. The molecular weight excluding hydrogens is 224 g/mol. The minimum atomic E-state index is 0.688. The van der Waals surface area contributed by atoms with Crippen molar-refractivity contribution in [2.24, 2.45) is 5.92 Å². The Morgan fingerprint density at radius 3 is 3.12 bits per heavy atom. The zero-order valence-electron chi connectivity index (χ0n) is 9.21. The molecule has 0 aromatic heterocycles. The van der Waals surface area contributed by atoms with Gasteiger partial charge in [-0.05, 0) is 37.0 Å². The predicted molar refractivity (Wildman–Crippen MR) is 67.9 cm³/mol. The number of nitrogens with two attached hydrogens (primary N) is 1. The van der Waals surface area contributed by atoms with Gasteiger partial charge in [0, 0.05) is 24.8 Å². The first-order chi connectivity index (χ1) is 7.75. The Kier molecular flexibility index (Phi) is 3.91. The van der Waals surface area contributed by atoms with Crippen LogP contribution in [-0.4, -0.2) is 19.8 Å². The van der Waals surface area contributed by atoms with Crippen LogP contribution in [-0.2, 0) is 4.74 Å². The summed E-state index contributed by atoms with van der Waals surface area (Å²) < 4.78 is 5.33. The second-order valence-electron chi connectivity index (χ2n) is 4.18. The Labute approximate surface area is 101 Å². The maximum atomic E-state index is 5.91. The van der Waals surface area contributed by atoms with Gasteiger partial charge in [-0.1, -0.05) is 11.6 Å². The van der Waals surface area contributed by atoms with Gasteiger partial charge in [0.25, 0.3) is 0 Å². The van der Waals surface area contributed by atoms with Crippen LogP contribution in [0.1, 0.15) is 12.8 Å². The van der Waals surface area contributed by atoms with Gasteiger partial charge in [0.2, 0.25) is 0 Å². The highest BCUT2D eigenvalue weighted by Crippen LogP contribution is 2.23. The lowest BCUT2D eigenvalue weighted by Gasteiger charge is -2.11. The van der Waals surface area contributed by atoms with Crippen molar-refractivity contribution in [3.63, 3.8) is 0 Å². The number of halogens is 1. The van der Waals surface area contributed by atoms with Crippen LogP contribution in [0.5, 0.6) is 0 Å². The van der Waals surface area contributed by atoms with E-state index in [1.165, 1.54) is 6.42 Å². The number of nitrogens with one attached hydrogen (secondary N) is 1. The van der Waals surface area contributed by atoms with E-state index in [4.69, 9.17) is 22.1 Å². The summed E-state index contributed by atoms with van der Waals surface area (Å²) >= 11 is 5.91. The number of anilines is 2. The number of nitrogen functional groups attached to an aromatic ring is 1. The molecular formula is C12H17ClN2O. The molecule has 1 aromatic rings. The molecule has 1 fully saturated rings. The molecule has 1 saturated heterocycles.